The normalized spacial score (nSPS) is 51.2. The molecular formula is C15H22O3. The largest absolute Gasteiger partial charge is 0.462 e. The molecule has 0 aromatic carbocycles. The van der Waals surface area contributed by atoms with Crippen LogP contribution in [0.25, 0.3) is 0 Å². The summed E-state index contributed by atoms with van der Waals surface area (Å²) in [5.41, 5.74) is 1.37. The lowest BCUT2D eigenvalue weighted by Gasteiger charge is -2.51. The number of carbonyl (C=O) groups excluding carboxylic acids is 1. The van der Waals surface area contributed by atoms with Crippen molar-refractivity contribution in [1.82, 2.24) is 0 Å². The molecule has 0 amide bonds. The Morgan fingerprint density at radius 2 is 2.17 bits per heavy atom. The molecule has 100 valence electrons. The van der Waals surface area contributed by atoms with Gasteiger partial charge in [-0.25, -0.2) is 0 Å². The van der Waals surface area contributed by atoms with E-state index >= 15 is 0 Å². The van der Waals surface area contributed by atoms with Crippen LogP contribution in [-0.4, -0.2) is 23.3 Å². The Hall–Kier alpha value is -0.830. The van der Waals surface area contributed by atoms with Crippen LogP contribution in [0.3, 0.4) is 0 Å². The van der Waals surface area contributed by atoms with Crippen molar-refractivity contribution < 1.29 is 14.6 Å². The summed E-state index contributed by atoms with van der Waals surface area (Å²) < 4.78 is 5.54. The van der Waals surface area contributed by atoms with Gasteiger partial charge in [-0.15, -0.1) is 0 Å². The lowest BCUT2D eigenvalue weighted by atomic mass is 9.52. The van der Waals surface area contributed by atoms with Crippen molar-refractivity contribution in [3.8, 4) is 0 Å². The molecule has 0 radical (unpaired) electrons. The fourth-order valence-electron chi connectivity index (χ4n) is 4.54. The summed E-state index contributed by atoms with van der Waals surface area (Å²) in [4.78, 5) is 11.8. The van der Waals surface area contributed by atoms with Crippen molar-refractivity contribution in [2.45, 2.75) is 52.2 Å². The Morgan fingerprint density at radius 3 is 2.89 bits per heavy atom. The zero-order valence-corrected chi connectivity index (χ0v) is 11.3. The van der Waals surface area contributed by atoms with Gasteiger partial charge in [0.1, 0.15) is 6.10 Å². The number of ether oxygens (including phenoxy) is 1. The van der Waals surface area contributed by atoms with Crippen LogP contribution < -0.4 is 0 Å². The third-order valence-electron chi connectivity index (χ3n) is 5.67. The molecule has 0 aromatic rings. The summed E-state index contributed by atoms with van der Waals surface area (Å²) in [7, 11) is 0. The first-order chi connectivity index (χ1) is 8.44. The molecule has 3 heteroatoms. The lowest BCUT2D eigenvalue weighted by molar-refractivity contribution is -0.144. The molecular weight excluding hydrogens is 228 g/mol. The zero-order chi connectivity index (χ0) is 13.1. The number of carbonyl (C=O) groups is 1. The highest BCUT2D eigenvalue weighted by atomic mass is 16.6. The number of fused-ring (bicyclic) bond motifs is 3. The maximum Gasteiger partial charge on any atom is 0.309 e. The van der Waals surface area contributed by atoms with E-state index in [1.807, 2.05) is 13.0 Å². The molecule has 1 heterocycles. The predicted molar refractivity (Wildman–Crippen MR) is 67.7 cm³/mol. The van der Waals surface area contributed by atoms with Crippen LogP contribution in [-0.2, 0) is 9.53 Å². The summed E-state index contributed by atoms with van der Waals surface area (Å²) >= 11 is 0. The molecule has 2 aliphatic carbocycles. The second-order valence-electron chi connectivity index (χ2n) is 6.51. The Labute approximate surface area is 108 Å². The molecule has 1 N–H and O–H groups in total. The molecule has 1 unspecified atom stereocenters. The minimum absolute atomic E-state index is 0.0126. The number of hydrogen-bond donors (Lipinski definition) is 1. The van der Waals surface area contributed by atoms with Crippen molar-refractivity contribution in [2.75, 3.05) is 0 Å². The summed E-state index contributed by atoms with van der Waals surface area (Å²) in [5.74, 6) is 0.636. The maximum absolute atomic E-state index is 11.8. The van der Waals surface area contributed by atoms with Crippen molar-refractivity contribution in [1.29, 1.82) is 0 Å². The van der Waals surface area contributed by atoms with Crippen LogP contribution >= 0.6 is 0 Å². The summed E-state index contributed by atoms with van der Waals surface area (Å²) in [6, 6.07) is 0. The molecule has 18 heavy (non-hydrogen) atoms. The Bertz CT molecular complexity index is 414. The summed E-state index contributed by atoms with van der Waals surface area (Å²) in [6.07, 6.45) is 4.48. The van der Waals surface area contributed by atoms with Crippen molar-refractivity contribution in [3.05, 3.63) is 11.6 Å². The molecule has 6 atom stereocenters. The van der Waals surface area contributed by atoms with E-state index < -0.39 is 0 Å². The highest BCUT2D eigenvalue weighted by Gasteiger charge is 2.58. The minimum atomic E-state index is -0.312. The average molecular weight is 250 g/mol. The van der Waals surface area contributed by atoms with Crippen LogP contribution in [0.5, 0.6) is 0 Å². The molecule has 3 aliphatic rings. The van der Waals surface area contributed by atoms with Crippen LogP contribution in [0, 0.1) is 23.2 Å². The van der Waals surface area contributed by atoms with Crippen LogP contribution in [0.2, 0.25) is 0 Å². The number of allylic oxidation sites excluding steroid dienone is 1. The average Bonchev–Trinajstić information content (AvgIpc) is 2.58. The number of aliphatic hydroxyl groups is 1. The topological polar surface area (TPSA) is 46.5 Å². The highest BCUT2D eigenvalue weighted by Crippen LogP contribution is 2.58. The van der Waals surface area contributed by atoms with Crippen LogP contribution in [0.1, 0.15) is 40.0 Å². The molecule has 3 rings (SSSR count). The van der Waals surface area contributed by atoms with Crippen LogP contribution in [0.4, 0.5) is 0 Å². The van der Waals surface area contributed by atoms with Crippen molar-refractivity contribution >= 4 is 5.97 Å². The number of esters is 1. The van der Waals surface area contributed by atoms with Gasteiger partial charge in [-0.1, -0.05) is 32.4 Å². The molecule has 1 saturated carbocycles. The Balaban J connectivity index is 2.05. The monoisotopic (exact) mass is 250 g/mol. The fraction of sp³-hybridized carbons (Fsp3) is 0.800. The van der Waals surface area contributed by atoms with Gasteiger partial charge < -0.3 is 9.84 Å². The summed E-state index contributed by atoms with van der Waals surface area (Å²) in [6.45, 7) is 6.47. The lowest BCUT2D eigenvalue weighted by Crippen LogP contribution is -2.48. The molecule has 3 nitrogen and oxygen atoms in total. The van der Waals surface area contributed by atoms with Gasteiger partial charge in [-0.2, -0.15) is 0 Å². The summed E-state index contributed by atoms with van der Waals surface area (Å²) in [5, 5.41) is 9.92. The molecule has 2 fully saturated rings. The molecule has 1 saturated heterocycles. The smallest absolute Gasteiger partial charge is 0.309 e. The van der Waals surface area contributed by atoms with Gasteiger partial charge in [0.2, 0.25) is 0 Å². The highest BCUT2D eigenvalue weighted by molar-refractivity contribution is 5.75. The van der Waals surface area contributed by atoms with Gasteiger partial charge in [0.15, 0.2) is 0 Å². The second kappa shape index (κ2) is 3.83. The third-order valence-corrected chi connectivity index (χ3v) is 5.67. The van der Waals surface area contributed by atoms with Gasteiger partial charge in [0.05, 0.1) is 12.0 Å². The Kier molecular flexibility index (Phi) is 2.60. The first kappa shape index (κ1) is 12.2. The number of rotatable bonds is 0. The quantitative estimate of drug-likeness (QED) is 0.530. The van der Waals surface area contributed by atoms with Gasteiger partial charge in [-0.05, 0) is 30.6 Å². The molecule has 0 aromatic heterocycles. The fourth-order valence-corrected chi connectivity index (χ4v) is 4.54. The first-order valence-electron chi connectivity index (χ1n) is 7.04. The second-order valence-corrected chi connectivity index (χ2v) is 6.51. The van der Waals surface area contributed by atoms with Crippen molar-refractivity contribution in [2.24, 2.45) is 23.2 Å². The van der Waals surface area contributed by atoms with E-state index in [9.17, 15) is 9.90 Å². The first-order valence-corrected chi connectivity index (χ1v) is 7.04. The van der Waals surface area contributed by atoms with E-state index in [2.05, 4.69) is 13.8 Å². The van der Waals surface area contributed by atoms with E-state index in [0.29, 0.717) is 5.92 Å². The van der Waals surface area contributed by atoms with Gasteiger partial charge in [0.25, 0.3) is 0 Å². The van der Waals surface area contributed by atoms with E-state index in [-0.39, 0.29) is 35.4 Å². The molecule has 0 bridgehead atoms. The Morgan fingerprint density at radius 1 is 1.44 bits per heavy atom. The standard InChI is InChI=1S/C15H22O3/c1-8-6-11(16)7-10-4-5-12-13(15(8,10)3)9(2)14(17)18-12/h7-9,11-13,16H,4-6H2,1-3H3/t8-,9-,11?,12+,13-,15+/m0/s1. The zero-order valence-electron chi connectivity index (χ0n) is 11.3. The number of aliphatic hydroxyl groups excluding tert-OH is 1. The molecule has 0 spiro atoms. The third kappa shape index (κ3) is 1.43. The van der Waals surface area contributed by atoms with E-state index in [4.69, 9.17) is 4.74 Å². The SMILES string of the molecule is C[C@@H]1C(=O)O[C@@H]2CCC3=CC(O)C[C@H](C)[C@@]3(C)[C@@H]12. The van der Waals surface area contributed by atoms with E-state index in [1.54, 1.807) is 0 Å². The van der Waals surface area contributed by atoms with Crippen LogP contribution in [0.15, 0.2) is 11.6 Å². The van der Waals surface area contributed by atoms with Gasteiger partial charge in [-0.3, -0.25) is 4.79 Å². The van der Waals surface area contributed by atoms with E-state index in [0.717, 1.165) is 19.3 Å². The number of hydrogen-bond acceptors (Lipinski definition) is 3. The van der Waals surface area contributed by atoms with Gasteiger partial charge >= 0.3 is 5.97 Å². The van der Waals surface area contributed by atoms with Gasteiger partial charge in [0, 0.05) is 5.92 Å². The minimum Gasteiger partial charge on any atom is -0.462 e. The predicted octanol–water partition coefficient (Wildman–Crippen LogP) is 2.29. The maximum atomic E-state index is 11.8. The van der Waals surface area contributed by atoms with E-state index in [1.165, 1.54) is 5.57 Å². The van der Waals surface area contributed by atoms with Crippen molar-refractivity contribution in [3.63, 3.8) is 0 Å². The molecule has 1 aliphatic heterocycles.